The van der Waals surface area contributed by atoms with E-state index in [0.717, 1.165) is 12.5 Å². The molecule has 0 atom stereocenters. The average Bonchev–Trinajstić information content (AvgIpc) is 2.58. The second-order valence-corrected chi connectivity index (χ2v) is 10.7. The SMILES string of the molecule is CCCCCCCCCCCC(C)(C)N.CCC[Si](OC)(OC)OC.Cl. The van der Waals surface area contributed by atoms with E-state index in [9.17, 15) is 0 Å². The summed E-state index contributed by atoms with van der Waals surface area (Å²) in [5.41, 5.74) is 5.97. The van der Waals surface area contributed by atoms with E-state index in [-0.39, 0.29) is 17.9 Å². The molecular weight excluding hydrogens is 366 g/mol. The summed E-state index contributed by atoms with van der Waals surface area (Å²) in [6.45, 7) is 8.60. The molecule has 0 fully saturated rings. The van der Waals surface area contributed by atoms with Gasteiger partial charge in [-0.25, -0.2) is 0 Å². The molecule has 0 aliphatic rings. The number of nitrogens with two attached hydrogens (primary N) is 1. The van der Waals surface area contributed by atoms with Gasteiger partial charge >= 0.3 is 8.80 Å². The Morgan fingerprint density at radius 1 is 0.692 bits per heavy atom. The highest BCUT2D eigenvalue weighted by atomic mass is 35.5. The molecule has 26 heavy (non-hydrogen) atoms. The number of hydrogen-bond donors (Lipinski definition) is 1. The predicted molar refractivity (Wildman–Crippen MR) is 119 cm³/mol. The lowest BCUT2D eigenvalue weighted by molar-refractivity contribution is 0.123. The summed E-state index contributed by atoms with van der Waals surface area (Å²) in [6.07, 6.45) is 14.8. The minimum absolute atomic E-state index is 0. The smallest absolute Gasteiger partial charge is 0.377 e. The Morgan fingerprint density at radius 3 is 1.35 bits per heavy atom. The molecule has 0 aliphatic heterocycles. The molecule has 2 N–H and O–H groups in total. The Labute approximate surface area is 171 Å². The van der Waals surface area contributed by atoms with Gasteiger partial charge in [0.05, 0.1) is 0 Å². The van der Waals surface area contributed by atoms with Crippen molar-refractivity contribution in [3.8, 4) is 0 Å². The summed E-state index contributed by atoms with van der Waals surface area (Å²) in [4.78, 5) is 0. The van der Waals surface area contributed by atoms with Crippen LogP contribution in [0.1, 0.15) is 98.3 Å². The number of hydrogen-bond acceptors (Lipinski definition) is 4. The third-order valence-electron chi connectivity index (χ3n) is 4.41. The Hall–Kier alpha value is 0.347. The summed E-state index contributed by atoms with van der Waals surface area (Å²) < 4.78 is 15.5. The van der Waals surface area contributed by atoms with Crippen LogP contribution < -0.4 is 5.73 Å². The van der Waals surface area contributed by atoms with Crippen LogP contribution in [0, 0.1) is 0 Å². The van der Waals surface area contributed by atoms with Crippen LogP contribution in [0.5, 0.6) is 0 Å². The first-order valence-electron chi connectivity index (χ1n) is 10.2. The van der Waals surface area contributed by atoms with Crippen molar-refractivity contribution >= 4 is 21.2 Å². The first kappa shape index (κ1) is 31.1. The normalized spacial score (nSPS) is 11.5. The predicted octanol–water partition coefficient (Wildman–Crippen LogP) is 6.34. The summed E-state index contributed by atoms with van der Waals surface area (Å²) in [7, 11) is 2.68. The van der Waals surface area contributed by atoms with Crippen LogP contribution in [0.2, 0.25) is 6.04 Å². The van der Waals surface area contributed by atoms with E-state index in [1.54, 1.807) is 21.3 Å². The maximum Gasteiger partial charge on any atom is 0.500 e. The van der Waals surface area contributed by atoms with Crippen molar-refractivity contribution < 1.29 is 13.3 Å². The zero-order chi connectivity index (χ0) is 19.6. The highest BCUT2D eigenvalue weighted by Crippen LogP contribution is 2.14. The van der Waals surface area contributed by atoms with Gasteiger partial charge in [-0.1, -0.05) is 78.1 Å². The Morgan fingerprint density at radius 2 is 1.08 bits per heavy atom. The van der Waals surface area contributed by atoms with Crippen LogP contribution >= 0.6 is 12.4 Å². The molecule has 4 nitrogen and oxygen atoms in total. The van der Waals surface area contributed by atoms with Gasteiger partial charge in [-0.05, 0) is 20.3 Å². The molecule has 0 aromatic carbocycles. The van der Waals surface area contributed by atoms with Crippen LogP contribution in [0.4, 0.5) is 0 Å². The van der Waals surface area contributed by atoms with E-state index >= 15 is 0 Å². The molecule has 0 aliphatic carbocycles. The molecule has 162 valence electrons. The van der Waals surface area contributed by atoms with Gasteiger partial charge in [0, 0.05) is 32.9 Å². The lowest BCUT2D eigenvalue weighted by Gasteiger charge is -2.23. The average molecular weight is 414 g/mol. The fourth-order valence-corrected chi connectivity index (χ4v) is 4.48. The second kappa shape index (κ2) is 20.1. The molecule has 0 unspecified atom stereocenters. The molecule has 0 saturated carbocycles. The molecular formula is C20H48ClNO3Si. The molecule has 0 rings (SSSR count). The molecule has 6 heteroatoms. The monoisotopic (exact) mass is 413 g/mol. The van der Waals surface area contributed by atoms with Gasteiger partial charge in [-0.3, -0.25) is 0 Å². The Kier molecular flexibility index (Phi) is 24.0. The maximum absolute atomic E-state index is 5.93. The molecule has 0 aromatic rings. The highest BCUT2D eigenvalue weighted by Gasteiger charge is 2.36. The molecule has 0 radical (unpaired) electrons. The molecule has 0 saturated heterocycles. The van der Waals surface area contributed by atoms with Crippen LogP contribution in [-0.2, 0) is 13.3 Å². The van der Waals surface area contributed by atoms with Crippen molar-refractivity contribution in [3.05, 3.63) is 0 Å². The van der Waals surface area contributed by atoms with Crippen molar-refractivity contribution in [2.45, 2.75) is 110 Å². The van der Waals surface area contributed by atoms with Gasteiger partial charge in [-0.15, -0.1) is 12.4 Å². The molecule has 0 heterocycles. The maximum atomic E-state index is 5.93. The van der Waals surface area contributed by atoms with Gasteiger partial charge in [-0.2, -0.15) is 0 Å². The quantitative estimate of drug-likeness (QED) is 0.251. The van der Waals surface area contributed by atoms with Gasteiger partial charge in [0.25, 0.3) is 0 Å². The van der Waals surface area contributed by atoms with Crippen molar-refractivity contribution in [3.63, 3.8) is 0 Å². The largest absolute Gasteiger partial charge is 0.500 e. The summed E-state index contributed by atoms with van der Waals surface area (Å²) in [5, 5.41) is 0. The fraction of sp³-hybridized carbons (Fsp3) is 1.00. The topological polar surface area (TPSA) is 53.7 Å². The fourth-order valence-electron chi connectivity index (χ4n) is 2.75. The Bertz CT molecular complexity index is 264. The third kappa shape index (κ3) is 20.7. The molecule has 0 spiro atoms. The first-order valence-corrected chi connectivity index (χ1v) is 12.2. The van der Waals surface area contributed by atoms with E-state index in [1.165, 1.54) is 64.2 Å². The lowest BCUT2D eigenvalue weighted by atomic mass is 9.97. The van der Waals surface area contributed by atoms with E-state index in [1.807, 2.05) is 0 Å². The molecule has 0 aromatic heterocycles. The van der Waals surface area contributed by atoms with Gasteiger partial charge in [0.2, 0.25) is 0 Å². The van der Waals surface area contributed by atoms with Crippen LogP contribution in [-0.4, -0.2) is 35.7 Å². The van der Waals surface area contributed by atoms with E-state index in [0.29, 0.717) is 0 Å². The number of halogens is 1. The lowest BCUT2D eigenvalue weighted by Crippen LogP contribution is -2.42. The molecule has 0 bridgehead atoms. The minimum atomic E-state index is -2.22. The third-order valence-corrected chi connectivity index (χ3v) is 7.39. The van der Waals surface area contributed by atoms with Crippen molar-refractivity contribution in [1.82, 2.24) is 0 Å². The van der Waals surface area contributed by atoms with E-state index < -0.39 is 8.80 Å². The highest BCUT2D eigenvalue weighted by molar-refractivity contribution is 6.60. The van der Waals surface area contributed by atoms with Crippen molar-refractivity contribution in [2.75, 3.05) is 21.3 Å². The van der Waals surface area contributed by atoms with Crippen molar-refractivity contribution in [2.24, 2.45) is 5.73 Å². The zero-order valence-electron chi connectivity index (χ0n) is 18.7. The van der Waals surface area contributed by atoms with E-state index in [2.05, 4.69) is 27.7 Å². The summed E-state index contributed by atoms with van der Waals surface area (Å²) in [6, 6.07) is 0.885. The van der Waals surface area contributed by atoms with Crippen LogP contribution in [0.25, 0.3) is 0 Å². The standard InChI is InChI=1S/C14H31N.C6H16O3Si.ClH/c1-4-5-6-7-8-9-10-11-12-13-14(2,3)15;1-5-6-10(7-2,8-3)9-4;/h4-13,15H2,1-3H3;5-6H2,1-4H3;1H. The van der Waals surface area contributed by atoms with Gasteiger partial charge < -0.3 is 19.0 Å². The second-order valence-electron chi connectivity index (χ2n) is 7.61. The van der Waals surface area contributed by atoms with Crippen molar-refractivity contribution in [1.29, 1.82) is 0 Å². The van der Waals surface area contributed by atoms with Crippen LogP contribution in [0.3, 0.4) is 0 Å². The molecule has 0 amide bonds. The minimum Gasteiger partial charge on any atom is -0.377 e. The first-order chi connectivity index (χ1) is 11.8. The summed E-state index contributed by atoms with van der Waals surface area (Å²) >= 11 is 0. The summed E-state index contributed by atoms with van der Waals surface area (Å²) in [5.74, 6) is 0. The number of rotatable bonds is 15. The van der Waals surface area contributed by atoms with Gasteiger partial charge in [0.15, 0.2) is 0 Å². The zero-order valence-corrected chi connectivity index (χ0v) is 20.5. The van der Waals surface area contributed by atoms with Gasteiger partial charge in [0.1, 0.15) is 0 Å². The van der Waals surface area contributed by atoms with Crippen LogP contribution in [0.15, 0.2) is 0 Å². The number of unbranched alkanes of at least 4 members (excludes halogenated alkanes) is 8. The van der Waals surface area contributed by atoms with E-state index in [4.69, 9.17) is 19.0 Å². The Balaban J connectivity index is -0.000000422.